The van der Waals surface area contributed by atoms with E-state index in [1.165, 1.54) is 6.07 Å². The summed E-state index contributed by atoms with van der Waals surface area (Å²) in [7, 11) is 1.61. The zero-order valence-electron chi connectivity index (χ0n) is 12.4. The Hall–Kier alpha value is -2.50. The highest BCUT2D eigenvalue weighted by Crippen LogP contribution is 2.22. The summed E-state index contributed by atoms with van der Waals surface area (Å²) in [4.78, 5) is 18.7. The number of nitrogen functional groups attached to an aromatic ring is 1. The van der Waals surface area contributed by atoms with E-state index in [4.69, 9.17) is 10.5 Å². The van der Waals surface area contributed by atoms with Gasteiger partial charge in [-0.15, -0.1) is 0 Å². The summed E-state index contributed by atoms with van der Waals surface area (Å²) >= 11 is 0. The Labute approximate surface area is 123 Å². The van der Waals surface area contributed by atoms with Gasteiger partial charge in [-0.05, 0) is 18.2 Å². The molecule has 6 nitrogen and oxygen atoms in total. The summed E-state index contributed by atoms with van der Waals surface area (Å²) < 4.78 is 5.29. The van der Waals surface area contributed by atoms with E-state index in [2.05, 4.69) is 15.3 Å². The van der Waals surface area contributed by atoms with Crippen LogP contribution in [0.5, 0.6) is 5.75 Å². The molecule has 0 unspecified atom stereocenters. The SMILES string of the molecule is COc1ccc(N)cc1CNc1cc(=O)[nH]c(C(C)C)n1. The topological polar surface area (TPSA) is 93.0 Å². The molecule has 1 heterocycles. The molecule has 112 valence electrons. The third kappa shape index (κ3) is 3.75. The van der Waals surface area contributed by atoms with E-state index < -0.39 is 0 Å². The van der Waals surface area contributed by atoms with Crippen LogP contribution >= 0.6 is 0 Å². The van der Waals surface area contributed by atoms with Gasteiger partial charge >= 0.3 is 0 Å². The monoisotopic (exact) mass is 288 g/mol. The fourth-order valence-electron chi connectivity index (χ4n) is 1.96. The molecule has 0 saturated carbocycles. The molecule has 0 amide bonds. The molecule has 0 spiro atoms. The van der Waals surface area contributed by atoms with E-state index in [0.29, 0.717) is 23.9 Å². The molecule has 1 aromatic heterocycles. The predicted molar refractivity (Wildman–Crippen MR) is 83.7 cm³/mol. The van der Waals surface area contributed by atoms with Crippen LogP contribution in [0.3, 0.4) is 0 Å². The van der Waals surface area contributed by atoms with Gasteiger partial charge in [-0.3, -0.25) is 4.79 Å². The second-order valence-corrected chi connectivity index (χ2v) is 5.10. The molecule has 2 aromatic rings. The molecule has 0 bridgehead atoms. The van der Waals surface area contributed by atoms with Gasteiger partial charge < -0.3 is 20.8 Å². The Morgan fingerprint density at radius 3 is 2.81 bits per heavy atom. The van der Waals surface area contributed by atoms with Crippen molar-refractivity contribution in [3.63, 3.8) is 0 Å². The van der Waals surface area contributed by atoms with Crippen molar-refractivity contribution in [1.29, 1.82) is 0 Å². The molecule has 6 heteroatoms. The van der Waals surface area contributed by atoms with Gasteiger partial charge in [0.05, 0.1) is 7.11 Å². The standard InChI is InChI=1S/C15H20N4O2/c1-9(2)15-18-13(7-14(20)19-15)17-8-10-6-11(16)4-5-12(10)21-3/h4-7,9H,8,16H2,1-3H3,(H2,17,18,19,20). The minimum atomic E-state index is -0.171. The molecule has 21 heavy (non-hydrogen) atoms. The van der Waals surface area contributed by atoms with Crippen LogP contribution in [0.4, 0.5) is 11.5 Å². The highest BCUT2D eigenvalue weighted by Gasteiger charge is 2.07. The second-order valence-electron chi connectivity index (χ2n) is 5.10. The van der Waals surface area contributed by atoms with Gasteiger partial charge in [-0.2, -0.15) is 0 Å². The summed E-state index contributed by atoms with van der Waals surface area (Å²) in [6.07, 6.45) is 0. The van der Waals surface area contributed by atoms with Crippen molar-refractivity contribution in [3.05, 3.63) is 46.0 Å². The lowest BCUT2D eigenvalue weighted by Gasteiger charge is -2.12. The van der Waals surface area contributed by atoms with E-state index in [-0.39, 0.29) is 11.5 Å². The van der Waals surface area contributed by atoms with E-state index in [9.17, 15) is 4.79 Å². The Balaban J connectivity index is 2.20. The lowest BCUT2D eigenvalue weighted by molar-refractivity contribution is 0.410. The number of anilines is 2. The van der Waals surface area contributed by atoms with E-state index in [1.54, 1.807) is 13.2 Å². The van der Waals surface area contributed by atoms with Crippen LogP contribution in [0.2, 0.25) is 0 Å². The molecular formula is C15H20N4O2. The lowest BCUT2D eigenvalue weighted by atomic mass is 10.1. The summed E-state index contributed by atoms with van der Waals surface area (Å²) in [6, 6.07) is 6.87. The van der Waals surface area contributed by atoms with Crippen LogP contribution in [-0.2, 0) is 6.54 Å². The van der Waals surface area contributed by atoms with Gasteiger partial charge in [0.25, 0.3) is 5.56 Å². The van der Waals surface area contributed by atoms with Gasteiger partial charge in [0.2, 0.25) is 0 Å². The fourth-order valence-corrected chi connectivity index (χ4v) is 1.96. The number of nitrogens with zero attached hydrogens (tertiary/aromatic N) is 1. The van der Waals surface area contributed by atoms with Gasteiger partial charge in [-0.25, -0.2) is 4.98 Å². The number of benzene rings is 1. The first-order valence-electron chi connectivity index (χ1n) is 6.77. The molecule has 0 aliphatic heterocycles. The maximum Gasteiger partial charge on any atom is 0.252 e. The molecule has 1 aromatic carbocycles. The zero-order valence-corrected chi connectivity index (χ0v) is 12.4. The van der Waals surface area contributed by atoms with Crippen LogP contribution in [-0.4, -0.2) is 17.1 Å². The summed E-state index contributed by atoms with van der Waals surface area (Å²) in [5.74, 6) is 2.09. The molecular weight excluding hydrogens is 268 g/mol. The fraction of sp³-hybridized carbons (Fsp3) is 0.333. The van der Waals surface area contributed by atoms with Crippen LogP contribution in [0.25, 0.3) is 0 Å². The molecule has 0 radical (unpaired) electrons. The number of H-pyrrole nitrogens is 1. The number of methoxy groups -OCH3 is 1. The van der Waals surface area contributed by atoms with E-state index in [1.807, 2.05) is 26.0 Å². The number of hydrogen-bond acceptors (Lipinski definition) is 5. The Bertz CT molecular complexity index is 680. The van der Waals surface area contributed by atoms with Crippen molar-refractivity contribution in [2.45, 2.75) is 26.3 Å². The molecule has 0 atom stereocenters. The average Bonchev–Trinajstić information content (AvgIpc) is 2.44. The third-order valence-corrected chi connectivity index (χ3v) is 3.07. The normalized spacial score (nSPS) is 10.7. The van der Waals surface area contributed by atoms with Gasteiger partial charge in [0.1, 0.15) is 17.4 Å². The molecule has 0 fully saturated rings. The smallest absolute Gasteiger partial charge is 0.252 e. The number of nitrogens with two attached hydrogens (primary N) is 1. The quantitative estimate of drug-likeness (QED) is 0.733. The van der Waals surface area contributed by atoms with Crippen molar-refractivity contribution in [2.24, 2.45) is 0 Å². The number of aromatic amines is 1. The molecule has 0 saturated heterocycles. The largest absolute Gasteiger partial charge is 0.496 e. The van der Waals surface area contributed by atoms with Gasteiger partial charge in [0, 0.05) is 29.8 Å². The van der Waals surface area contributed by atoms with Crippen molar-refractivity contribution in [1.82, 2.24) is 9.97 Å². The van der Waals surface area contributed by atoms with Gasteiger partial charge in [0.15, 0.2) is 0 Å². The van der Waals surface area contributed by atoms with E-state index in [0.717, 1.165) is 11.3 Å². The zero-order chi connectivity index (χ0) is 15.4. The van der Waals surface area contributed by atoms with Crippen LogP contribution in [0.1, 0.15) is 31.2 Å². The highest BCUT2D eigenvalue weighted by molar-refractivity contribution is 5.49. The van der Waals surface area contributed by atoms with Gasteiger partial charge in [-0.1, -0.05) is 13.8 Å². The molecule has 2 rings (SSSR count). The number of hydrogen-bond donors (Lipinski definition) is 3. The predicted octanol–water partition coefficient (Wildman–Crippen LogP) is 2.10. The van der Waals surface area contributed by atoms with Crippen LogP contribution < -0.4 is 21.3 Å². The van der Waals surface area contributed by atoms with E-state index >= 15 is 0 Å². The summed E-state index contributed by atoms with van der Waals surface area (Å²) in [5.41, 5.74) is 7.18. The van der Waals surface area contributed by atoms with Crippen molar-refractivity contribution < 1.29 is 4.74 Å². The van der Waals surface area contributed by atoms with Crippen LogP contribution in [0.15, 0.2) is 29.1 Å². The second kappa shape index (κ2) is 6.30. The first kappa shape index (κ1) is 14.9. The third-order valence-electron chi connectivity index (χ3n) is 3.07. The Kier molecular flexibility index (Phi) is 4.47. The van der Waals surface area contributed by atoms with Crippen LogP contribution in [0, 0.1) is 0 Å². The average molecular weight is 288 g/mol. The Morgan fingerprint density at radius 2 is 2.14 bits per heavy atom. The van der Waals surface area contributed by atoms with Crippen molar-refractivity contribution in [3.8, 4) is 5.75 Å². The number of aromatic nitrogens is 2. The minimum Gasteiger partial charge on any atom is -0.496 e. The molecule has 4 N–H and O–H groups in total. The minimum absolute atomic E-state index is 0.154. The summed E-state index contributed by atoms with van der Waals surface area (Å²) in [6.45, 7) is 4.42. The summed E-state index contributed by atoms with van der Waals surface area (Å²) in [5, 5.41) is 3.13. The first-order chi connectivity index (χ1) is 9.99. The maximum atomic E-state index is 11.6. The number of rotatable bonds is 5. The highest BCUT2D eigenvalue weighted by atomic mass is 16.5. The molecule has 0 aliphatic carbocycles. The number of nitrogens with one attached hydrogen (secondary N) is 2. The Morgan fingerprint density at radius 1 is 1.38 bits per heavy atom. The lowest BCUT2D eigenvalue weighted by Crippen LogP contribution is -2.14. The van der Waals surface area contributed by atoms with Crippen molar-refractivity contribution in [2.75, 3.05) is 18.2 Å². The molecule has 0 aliphatic rings. The first-order valence-corrected chi connectivity index (χ1v) is 6.77. The number of ether oxygens (including phenoxy) is 1. The maximum absolute atomic E-state index is 11.6. The van der Waals surface area contributed by atoms with Crippen molar-refractivity contribution >= 4 is 11.5 Å².